The number of carbonyl (C=O) groups excluding carboxylic acids is 1. The number of aryl methyl sites for hydroxylation is 2. The molecular formula is C22H21ClN4O. The van der Waals surface area contributed by atoms with Crippen LogP contribution in [0.4, 0.5) is 5.69 Å². The molecule has 5 nitrogen and oxygen atoms in total. The predicted molar refractivity (Wildman–Crippen MR) is 114 cm³/mol. The van der Waals surface area contributed by atoms with Crippen LogP contribution in [0.2, 0.25) is 5.02 Å². The lowest BCUT2D eigenvalue weighted by Gasteiger charge is -2.13. The minimum Gasteiger partial charge on any atom is -0.326 e. The fourth-order valence-electron chi connectivity index (χ4n) is 2.74. The highest BCUT2D eigenvalue weighted by atomic mass is 35.5. The summed E-state index contributed by atoms with van der Waals surface area (Å²) in [5.41, 5.74) is 4.55. The number of aromatic nitrogens is 1. The van der Waals surface area contributed by atoms with Crippen LogP contribution < -0.4 is 10.6 Å². The third kappa shape index (κ3) is 5.66. The smallest absolute Gasteiger partial charge is 0.257 e. The van der Waals surface area contributed by atoms with E-state index in [1.54, 1.807) is 36.7 Å². The number of pyridine rings is 1. The van der Waals surface area contributed by atoms with E-state index in [4.69, 9.17) is 11.6 Å². The Morgan fingerprint density at radius 2 is 1.79 bits per heavy atom. The number of rotatable bonds is 4. The average molecular weight is 393 g/mol. The molecule has 2 aromatic carbocycles. The fourth-order valence-corrected chi connectivity index (χ4v) is 2.86. The molecule has 142 valence electrons. The number of hydrogen-bond donors (Lipinski definition) is 2. The molecule has 0 aliphatic carbocycles. The van der Waals surface area contributed by atoms with Crippen LogP contribution in [-0.2, 0) is 6.54 Å². The quantitative estimate of drug-likeness (QED) is 0.497. The van der Waals surface area contributed by atoms with E-state index in [1.165, 1.54) is 0 Å². The lowest BCUT2D eigenvalue weighted by Crippen LogP contribution is -2.36. The normalized spacial score (nSPS) is 11.2. The lowest BCUT2D eigenvalue weighted by molar-refractivity contribution is 0.0977. The third-order valence-electron chi connectivity index (χ3n) is 3.97. The number of carbonyl (C=O) groups is 1. The van der Waals surface area contributed by atoms with Crippen LogP contribution in [0.3, 0.4) is 0 Å². The van der Waals surface area contributed by atoms with E-state index in [0.717, 1.165) is 22.4 Å². The highest BCUT2D eigenvalue weighted by Crippen LogP contribution is 2.14. The summed E-state index contributed by atoms with van der Waals surface area (Å²) in [6.45, 7) is 4.44. The van der Waals surface area contributed by atoms with Crippen LogP contribution in [-0.4, -0.2) is 16.9 Å². The maximum Gasteiger partial charge on any atom is 0.257 e. The van der Waals surface area contributed by atoms with Gasteiger partial charge in [0.05, 0.1) is 6.54 Å². The highest BCUT2D eigenvalue weighted by Gasteiger charge is 2.10. The second kappa shape index (κ2) is 9.15. The molecule has 6 heteroatoms. The van der Waals surface area contributed by atoms with Crippen molar-refractivity contribution in [3.05, 3.63) is 94.3 Å². The minimum atomic E-state index is -0.265. The van der Waals surface area contributed by atoms with Crippen LogP contribution in [0.5, 0.6) is 0 Å². The summed E-state index contributed by atoms with van der Waals surface area (Å²) < 4.78 is 0. The van der Waals surface area contributed by atoms with Crippen molar-refractivity contribution in [3.8, 4) is 0 Å². The van der Waals surface area contributed by atoms with E-state index in [1.807, 2.05) is 38.1 Å². The van der Waals surface area contributed by atoms with Gasteiger partial charge in [-0.25, -0.2) is 4.99 Å². The molecule has 0 bridgehead atoms. The van der Waals surface area contributed by atoms with Gasteiger partial charge in [-0.05, 0) is 73.0 Å². The monoisotopic (exact) mass is 392 g/mol. The Morgan fingerprint density at radius 1 is 1.07 bits per heavy atom. The maximum absolute atomic E-state index is 12.6. The van der Waals surface area contributed by atoms with Gasteiger partial charge in [0, 0.05) is 28.7 Å². The molecule has 0 radical (unpaired) electrons. The Kier molecular flexibility index (Phi) is 6.40. The van der Waals surface area contributed by atoms with E-state index in [9.17, 15) is 4.79 Å². The van der Waals surface area contributed by atoms with Crippen molar-refractivity contribution in [2.24, 2.45) is 4.99 Å². The topological polar surface area (TPSA) is 66.4 Å². The molecule has 0 spiro atoms. The second-order valence-corrected chi connectivity index (χ2v) is 6.92. The van der Waals surface area contributed by atoms with Gasteiger partial charge < -0.3 is 5.32 Å². The number of benzene rings is 2. The Labute approximate surface area is 169 Å². The van der Waals surface area contributed by atoms with Gasteiger partial charge in [0.25, 0.3) is 5.91 Å². The van der Waals surface area contributed by atoms with Gasteiger partial charge in [-0.3, -0.25) is 15.1 Å². The predicted octanol–water partition coefficient (Wildman–Crippen LogP) is 4.75. The third-order valence-corrected chi connectivity index (χ3v) is 4.22. The van der Waals surface area contributed by atoms with Crippen molar-refractivity contribution in [2.45, 2.75) is 20.4 Å². The largest absolute Gasteiger partial charge is 0.326 e. The number of aliphatic imine (C=N–C) groups is 1. The number of nitrogens with one attached hydrogen (secondary N) is 2. The standard InChI is InChI=1S/C22H21ClN4O/c1-15-10-16(2)12-20(11-15)26-22(25-14-17-4-3-9-24-13-17)27-21(28)18-5-7-19(23)8-6-18/h3-13H,14H2,1-2H3,(H2,25,26,27,28). The zero-order valence-electron chi connectivity index (χ0n) is 15.7. The average Bonchev–Trinajstić information content (AvgIpc) is 2.66. The first-order valence-corrected chi connectivity index (χ1v) is 9.23. The molecule has 1 heterocycles. The Morgan fingerprint density at radius 3 is 2.43 bits per heavy atom. The van der Waals surface area contributed by atoms with Crippen molar-refractivity contribution in [1.82, 2.24) is 10.3 Å². The van der Waals surface area contributed by atoms with Gasteiger partial charge in [0.2, 0.25) is 5.96 Å². The number of guanidine groups is 1. The summed E-state index contributed by atoms with van der Waals surface area (Å²) in [6.07, 6.45) is 3.46. The van der Waals surface area contributed by atoms with Gasteiger partial charge in [-0.2, -0.15) is 0 Å². The molecular weight excluding hydrogens is 372 g/mol. The van der Waals surface area contributed by atoms with Crippen LogP contribution in [0.25, 0.3) is 0 Å². The molecule has 0 atom stereocenters. The van der Waals surface area contributed by atoms with E-state index >= 15 is 0 Å². The van der Waals surface area contributed by atoms with E-state index in [0.29, 0.717) is 23.1 Å². The first-order valence-electron chi connectivity index (χ1n) is 8.85. The summed E-state index contributed by atoms with van der Waals surface area (Å²) in [6, 6.07) is 16.6. The number of nitrogens with zero attached hydrogens (tertiary/aromatic N) is 2. The zero-order valence-corrected chi connectivity index (χ0v) is 16.5. The van der Waals surface area contributed by atoms with E-state index in [2.05, 4.69) is 26.7 Å². The van der Waals surface area contributed by atoms with E-state index < -0.39 is 0 Å². The van der Waals surface area contributed by atoms with Gasteiger partial charge in [0.1, 0.15) is 0 Å². The van der Waals surface area contributed by atoms with Gasteiger partial charge in [0.15, 0.2) is 0 Å². The SMILES string of the molecule is Cc1cc(C)cc(NC(=NCc2cccnc2)NC(=O)c2ccc(Cl)cc2)c1. The van der Waals surface area contributed by atoms with Crippen molar-refractivity contribution in [1.29, 1.82) is 0 Å². The molecule has 0 fully saturated rings. The molecule has 28 heavy (non-hydrogen) atoms. The molecule has 0 aliphatic rings. The van der Waals surface area contributed by atoms with Crippen molar-refractivity contribution < 1.29 is 4.79 Å². The first kappa shape index (κ1) is 19.6. The van der Waals surface area contributed by atoms with Gasteiger partial charge >= 0.3 is 0 Å². The summed E-state index contributed by atoms with van der Waals surface area (Å²) in [7, 11) is 0. The van der Waals surface area contributed by atoms with Crippen molar-refractivity contribution >= 4 is 29.2 Å². The molecule has 3 rings (SSSR count). The highest BCUT2D eigenvalue weighted by molar-refractivity contribution is 6.30. The minimum absolute atomic E-state index is 0.265. The molecule has 0 aliphatic heterocycles. The molecule has 1 aromatic heterocycles. The summed E-state index contributed by atoms with van der Waals surface area (Å²) in [5, 5.41) is 6.64. The molecule has 0 saturated heterocycles. The van der Waals surface area contributed by atoms with Gasteiger partial charge in [-0.15, -0.1) is 0 Å². The molecule has 1 amide bonds. The molecule has 0 saturated carbocycles. The van der Waals surface area contributed by atoms with Crippen LogP contribution in [0, 0.1) is 13.8 Å². The Hall–Kier alpha value is -3.18. The summed E-state index contributed by atoms with van der Waals surface area (Å²) in [4.78, 5) is 21.3. The molecule has 3 aromatic rings. The maximum atomic E-state index is 12.6. The van der Waals surface area contributed by atoms with Crippen molar-refractivity contribution in [3.63, 3.8) is 0 Å². The second-order valence-electron chi connectivity index (χ2n) is 6.49. The summed E-state index contributed by atoms with van der Waals surface area (Å²) in [5.74, 6) is 0.104. The first-order chi connectivity index (χ1) is 13.5. The number of hydrogen-bond acceptors (Lipinski definition) is 3. The van der Waals surface area contributed by atoms with Crippen molar-refractivity contribution in [2.75, 3.05) is 5.32 Å². The van der Waals surface area contributed by atoms with Crippen LogP contribution >= 0.6 is 11.6 Å². The zero-order chi connectivity index (χ0) is 19.9. The molecule has 2 N–H and O–H groups in total. The number of halogens is 1. The van der Waals surface area contributed by atoms with Gasteiger partial charge in [-0.1, -0.05) is 23.7 Å². The molecule has 0 unspecified atom stereocenters. The van der Waals surface area contributed by atoms with Crippen LogP contribution in [0.1, 0.15) is 27.0 Å². The lowest BCUT2D eigenvalue weighted by atomic mass is 10.1. The fraction of sp³-hybridized carbons (Fsp3) is 0.136. The van der Waals surface area contributed by atoms with E-state index in [-0.39, 0.29) is 5.91 Å². The number of amides is 1. The number of anilines is 1. The van der Waals surface area contributed by atoms with Crippen LogP contribution in [0.15, 0.2) is 72.0 Å². The summed E-state index contributed by atoms with van der Waals surface area (Å²) >= 11 is 5.90. The Balaban J connectivity index is 1.82. The Bertz CT molecular complexity index is 965.